The minimum absolute atomic E-state index is 0.0363. The third-order valence-electron chi connectivity index (χ3n) is 2.81. The molecule has 1 N–H and O–H groups in total. The molecule has 2 rings (SSSR count). The van der Waals surface area contributed by atoms with E-state index >= 15 is 0 Å². The van der Waals surface area contributed by atoms with Crippen LogP contribution in [-0.2, 0) is 0 Å². The van der Waals surface area contributed by atoms with Gasteiger partial charge in [-0.2, -0.15) is 5.26 Å². The second-order valence-corrected chi connectivity index (χ2v) is 4.16. The van der Waals surface area contributed by atoms with Crippen molar-refractivity contribution in [3.05, 3.63) is 63.5 Å². The topological polar surface area (TPSA) is 79.0 Å². The average molecular weight is 271 g/mol. The number of nitrogens with one attached hydrogen (secondary N) is 1. The zero-order valence-electron chi connectivity index (χ0n) is 10.6. The van der Waals surface area contributed by atoms with Gasteiger partial charge in [-0.05, 0) is 30.7 Å². The minimum Gasteiger partial charge on any atom is -0.353 e. The molecule has 0 spiro atoms. The van der Waals surface area contributed by atoms with E-state index in [2.05, 4.69) is 5.32 Å². The molecule has 0 heterocycles. The van der Waals surface area contributed by atoms with Gasteiger partial charge in [0, 0.05) is 11.8 Å². The van der Waals surface area contributed by atoms with Crippen LogP contribution in [0.4, 0.5) is 21.5 Å². The molecule has 2 aromatic carbocycles. The lowest BCUT2D eigenvalue weighted by molar-refractivity contribution is -0.385. The minimum atomic E-state index is -0.641. The number of halogens is 1. The molecule has 2 aromatic rings. The molecule has 0 radical (unpaired) electrons. The molecule has 6 heteroatoms. The summed E-state index contributed by atoms with van der Waals surface area (Å²) in [4.78, 5) is 10.2. The molecule has 0 aliphatic rings. The molecule has 0 saturated carbocycles. The first-order chi connectivity index (χ1) is 9.52. The lowest BCUT2D eigenvalue weighted by Crippen LogP contribution is -1.99. The second kappa shape index (κ2) is 5.36. The van der Waals surface area contributed by atoms with Gasteiger partial charge in [-0.15, -0.1) is 0 Å². The van der Waals surface area contributed by atoms with Crippen LogP contribution in [0, 0.1) is 34.2 Å². The lowest BCUT2D eigenvalue weighted by atomic mass is 10.1. The average Bonchev–Trinajstić information content (AvgIpc) is 2.43. The first kappa shape index (κ1) is 13.5. The van der Waals surface area contributed by atoms with Gasteiger partial charge < -0.3 is 5.32 Å². The summed E-state index contributed by atoms with van der Waals surface area (Å²) in [5.41, 5.74) is 0.935. The van der Waals surface area contributed by atoms with Gasteiger partial charge in [0.2, 0.25) is 0 Å². The number of rotatable bonds is 3. The fraction of sp³-hybridized carbons (Fsp3) is 0.0714. The maximum Gasteiger partial charge on any atom is 0.289 e. The molecular formula is C14H10FN3O2. The summed E-state index contributed by atoms with van der Waals surface area (Å²) >= 11 is 0. The molecular weight excluding hydrogens is 261 g/mol. The number of nitriles is 1. The summed E-state index contributed by atoms with van der Waals surface area (Å²) in [7, 11) is 0. The molecule has 100 valence electrons. The van der Waals surface area contributed by atoms with Crippen molar-refractivity contribution < 1.29 is 9.31 Å². The number of anilines is 2. The van der Waals surface area contributed by atoms with Gasteiger partial charge in [0.25, 0.3) is 5.69 Å². The van der Waals surface area contributed by atoms with E-state index in [1.807, 2.05) is 0 Å². The Morgan fingerprint density at radius 1 is 1.35 bits per heavy atom. The van der Waals surface area contributed by atoms with Gasteiger partial charge in [-0.3, -0.25) is 10.1 Å². The van der Waals surface area contributed by atoms with Gasteiger partial charge in [0.15, 0.2) is 0 Å². The molecule has 0 bridgehead atoms. The summed E-state index contributed by atoms with van der Waals surface area (Å²) in [6.07, 6.45) is 0. The van der Waals surface area contributed by atoms with Gasteiger partial charge >= 0.3 is 0 Å². The Labute approximate surface area is 114 Å². The molecule has 0 amide bonds. The van der Waals surface area contributed by atoms with Crippen molar-refractivity contribution in [3.63, 3.8) is 0 Å². The van der Waals surface area contributed by atoms with Crippen LogP contribution in [0.5, 0.6) is 0 Å². The van der Waals surface area contributed by atoms with Crippen LogP contribution in [0.1, 0.15) is 11.1 Å². The van der Waals surface area contributed by atoms with Crippen molar-refractivity contribution in [2.75, 3.05) is 5.32 Å². The van der Waals surface area contributed by atoms with E-state index in [0.717, 1.165) is 0 Å². The molecule has 5 nitrogen and oxygen atoms in total. The summed E-state index contributed by atoms with van der Waals surface area (Å²) < 4.78 is 13.7. The molecule has 0 aromatic heterocycles. The van der Waals surface area contributed by atoms with Gasteiger partial charge in [-0.1, -0.05) is 12.1 Å². The van der Waals surface area contributed by atoms with Crippen LogP contribution < -0.4 is 5.32 Å². The monoisotopic (exact) mass is 271 g/mol. The number of nitro benzene ring substituents is 1. The van der Waals surface area contributed by atoms with Crippen LogP contribution in [0.15, 0.2) is 36.4 Å². The third-order valence-corrected chi connectivity index (χ3v) is 2.81. The second-order valence-electron chi connectivity index (χ2n) is 4.16. The third kappa shape index (κ3) is 2.57. The number of hydrogen-bond donors (Lipinski definition) is 1. The normalized spacial score (nSPS) is 9.85. The predicted molar refractivity (Wildman–Crippen MR) is 72.2 cm³/mol. The Morgan fingerprint density at radius 2 is 2.10 bits per heavy atom. The van der Waals surface area contributed by atoms with E-state index in [9.17, 15) is 14.5 Å². The van der Waals surface area contributed by atoms with Crippen LogP contribution in [-0.4, -0.2) is 4.92 Å². The Balaban J connectivity index is 2.43. The van der Waals surface area contributed by atoms with Crippen LogP contribution in [0.2, 0.25) is 0 Å². The van der Waals surface area contributed by atoms with Gasteiger partial charge in [0.1, 0.15) is 17.4 Å². The van der Waals surface area contributed by atoms with Gasteiger partial charge in [-0.25, -0.2) is 4.39 Å². The number of nitro groups is 1. The molecule has 20 heavy (non-hydrogen) atoms. The van der Waals surface area contributed by atoms with Crippen molar-refractivity contribution in [3.8, 4) is 6.07 Å². The number of hydrogen-bond acceptors (Lipinski definition) is 4. The number of aryl methyl sites for hydroxylation is 1. The Kier molecular flexibility index (Phi) is 3.62. The summed E-state index contributed by atoms with van der Waals surface area (Å²) in [6, 6.07) is 10.4. The maximum atomic E-state index is 13.7. The SMILES string of the molecule is Cc1cccc(F)c1Nc1ccc(C#N)c([N+](=O)[O-])c1. The standard InChI is InChI=1S/C14H10FN3O2/c1-9-3-2-4-12(15)14(9)17-11-6-5-10(8-16)13(7-11)18(19)20/h2-7,17H,1H3. The number of nitrogens with zero attached hydrogens (tertiary/aromatic N) is 2. The Bertz CT molecular complexity index is 703. The van der Waals surface area contributed by atoms with E-state index in [0.29, 0.717) is 11.3 Å². The van der Waals surface area contributed by atoms with Crippen molar-refractivity contribution in [2.45, 2.75) is 6.92 Å². The molecule has 0 saturated heterocycles. The largest absolute Gasteiger partial charge is 0.353 e. The fourth-order valence-corrected chi connectivity index (χ4v) is 1.79. The zero-order valence-corrected chi connectivity index (χ0v) is 10.6. The number of para-hydroxylation sites is 1. The molecule has 0 aliphatic carbocycles. The van der Waals surface area contributed by atoms with E-state index in [4.69, 9.17) is 5.26 Å². The van der Waals surface area contributed by atoms with Crippen molar-refractivity contribution in [2.24, 2.45) is 0 Å². The molecule has 0 unspecified atom stereocenters. The smallest absolute Gasteiger partial charge is 0.289 e. The lowest BCUT2D eigenvalue weighted by Gasteiger charge is -2.10. The highest BCUT2D eigenvalue weighted by atomic mass is 19.1. The van der Waals surface area contributed by atoms with E-state index in [1.54, 1.807) is 25.1 Å². The first-order valence-corrected chi connectivity index (χ1v) is 5.73. The fourth-order valence-electron chi connectivity index (χ4n) is 1.79. The molecule has 0 aliphatic heterocycles. The van der Waals surface area contributed by atoms with Crippen molar-refractivity contribution >= 4 is 17.1 Å². The van der Waals surface area contributed by atoms with Crippen LogP contribution >= 0.6 is 0 Å². The van der Waals surface area contributed by atoms with Crippen LogP contribution in [0.3, 0.4) is 0 Å². The molecule has 0 atom stereocenters. The zero-order chi connectivity index (χ0) is 14.7. The summed E-state index contributed by atoms with van der Waals surface area (Å²) in [5.74, 6) is -0.447. The maximum absolute atomic E-state index is 13.7. The van der Waals surface area contributed by atoms with E-state index in [-0.39, 0.29) is 16.9 Å². The van der Waals surface area contributed by atoms with Crippen molar-refractivity contribution in [1.29, 1.82) is 5.26 Å². The summed E-state index contributed by atoms with van der Waals surface area (Å²) in [6.45, 7) is 1.73. The Morgan fingerprint density at radius 3 is 2.70 bits per heavy atom. The first-order valence-electron chi connectivity index (χ1n) is 5.73. The predicted octanol–water partition coefficient (Wildman–Crippen LogP) is 3.66. The van der Waals surface area contributed by atoms with Gasteiger partial charge in [0.05, 0.1) is 10.6 Å². The highest BCUT2D eigenvalue weighted by molar-refractivity contribution is 5.67. The van der Waals surface area contributed by atoms with E-state index < -0.39 is 10.7 Å². The van der Waals surface area contributed by atoms with E-state index in [1.165, 1.54) is 24.3 Å². The highest BCUT2D eigenvalue weighted by Gasteiger charge is 2.15. The Hall–Kier alpha value is -2.94. The van der Waals surface area contributed by atoms with Crippen LogP contribution in [0.25, 0.3) is 0 Å². The highest BCUT2D eigenvalue weighted by Crippen LogP contribution is 2.27. The quantitative estimate of drug-likeness (QED) is 0.682. The van der Waals surface area contributed by atoms with Crippen molar-refractivity contribution in [1.82, 2.24) is 0 Å². The molecule has 0 fully saturated rings. The summed E-state index contributed by atoms with van der Waals surface area (Å²) in [5, 5.41) is 22.5. The number of benzene rings is 2.